The average molecular weight is 291 g/mol. The largest absolute Gasteiger partial charge is 0.444 e. The fraction of sp³-hybridized carbons (Fsp3) is 0.533. The summed E-state index contributed by atoms with van der Waals surface area (Å²) in [7, 11) is 0. The maximum Gasteiger partial charge on any atom is 0.407 e. The van der Waals surface area contributed by atoms with Crippen molar-refractivity contribution in [2.75, 3.05) is 13.1 Å². The van der Waals surface area contributed by atoms with Gasteiger partial charge in [0.05, 0.1) is 6.04 Å². The van der Waals surface area contributed by atoms with E-state index < -0.39 is 11.7 Å². The van der Waals surface area contributed by atoms with E-state index in [0.717, 1.165) is 6.42 Å². The van der Waals surface area contributed by atoms with Gasteiger partial charge in [-0.15, -0.1) is 0 Å². The molecule has 6 heteroatoms. The summed E-state index contributed by atoms with van der Waals surface area (Å²) in [5, 5.41) is 2.80. The molecule has 0 aromatic carbocycles. The zero-order valence-corrected chi connectivity index (χ0v) is 12.6. The van der Waals surface area contributed by atoms with Gasteiger partial charge in [-0.3, -0.25) is 9.78 Å². The third-order valence-corrected chi connectivity index (χ3v) is 3.12. The number of pyridine rings is 1. The third-order valence-electron chi connectivity index (χ3n) is 3.12. The molecule has 1 aliphatic rings. The zero-order chi connectivity index (χ0) is 15.5. The number of hydrogen-bond donors (Lipinski definition) is 1. The predicted octanol–water partition coefficient (Wildman–Crippen LogP) is 1.82. The Labute approximate surface area is 124 Å². The minimum Gasteiger partial charge on any atom is -0.444 e. The lowest BCUT2D eigenvalue weighted by atomic mass is 10.2. The molecule has 1 aromatic rings. The van der Waals surface area contributed by atoms with E-state index in [1.807, 2.05) is 20.8 Å². The van der Waals surface area contributed by atoms with Crippen molar-refractivity contribution in [2.45, 2.75) is 38.8 Å². The molecule has 1 fully saturated rings. The van der Waals surface area contributed by atoms with Crippen LogP contribution in [0.1, 0.15) is 37.6 Å². The number of carbonyl (C=O) groups is 2. The van der Waals surface area contributed by atoms with E-state index in [9.17, 15) is 9.59 Å². The second-order valence-corrected chi connectivity index (χ2v) is 6.12. The first-order valence-corrected chi connectivity index (χ1v) is 7.04. The molecule has 2 amide bonds. The topological polar surface area (TPSA) is 71.5 Å². The lowest BCUT2D eigenvalue weighted by Gasteiger charge is -2.22. The van der Waals surface area contributed by atoms with Crippen molar-refractivity contribution in [1.82, 2.24) is 15.2 Å². The molecule has 0 saturated carbocycles. The van der Waals surface area contributed by atoms with Crippen LogP contribution in [-0.2, 0) is 4.74 Å². The monoisotopic (exact) mass is 291 g/mol. The number of nitrogens with one attached hydrogen (secondary N) is 1. The summed E-state index contributed by atoms with van der Waals surface area (Å²) in [4.78, 5) is 29.6. The highest BCUT2D eigenvalue weighted by molar-refractivity contribution is 5.94. The molecular weight excluding hydrogens is 270 g/mol. The van der Waals surface area contributed by atoms with Crippen LogP contribution in [-0.4, -0.2) is 46.6 Å². The van der Waals surface area contributed by atoms with Gasteiger partial charge in [-0.1, -0.05) is 0 Å². The highest BCUT2D eigenvalue weighted by Gasteiger charge is 2.29. The van der Waals surface area contributed by atoms with Crippen molar-refractivity contribution >= 4 is 12.0 Å². The third kappa shape index (κ3) is 4.44. The van der Waals surface area contributed by atoms with E-state index in [0.29, 0.717) is 18.7 Å². The van der Waals surface area contributed by atoms with Gasteiger partial charge in [-0.25, -0.2) is 4.79 Å². The average Bonchev–Trinajstić information content (AvgIpc) is 2.85. The van der Waals surface area contributed by atoms with Gasteiger partial charge in [-0.2, -0.15) is 0 Å². The van der Waals surface area contributed by atoms with Crippen molar-refractivity contribution in [2.24, 2.45) is 0 Å². The smallest absolute Gasteiger partial charge is 0.407 e. The van der Waals surface area contributed by atoms with Gasteiger partial charge in [0.1, 0.15) is 5.60 Å². The quantitative estimate of drug-likeness (QED) is 0.902. The number of carbonyl (C=O) groups excluding carboxylic acids is 2. The van der Waals surface area contributed by atoms with Gasteiger partial charge in [0.2, 0.25) is 0 Å². The first-order chi connectivity index (χ1) is 9.85. The number of aromatic nitrogens is 1. The Kier molecular flexibility index (Phi) is 4.45. The van der Waals surface area contributed by atoms with E-state index in [1.165, 1.54) is 0 Å². The molecule has 0 radical (unpaired) electrons. The highest BCUT2D eigenvalue weighted by atomic mass is 16.6. The summed E-state index contributed by atoms with van der Waals surface area (Å²) < 4.78 is 5.22. The predicted molar refractivity (Wildman–Crippen MR) is 77.9 cm³/mol. The first kappa shape index (κ1) is 15.3. The lowest BCUT2D eigenvalue weighted by Crippen LogP contribution is -2.41. The van der Waals surface area contributed by atoms with Gasteiger partial charge >= 0.3 is 6.09 Å². The van der Waals surface area contributed by atoms with Crippen LogP contribution in [0.15, 0.2) is 24.5 Å². The molecule has 1 atom stereocenters. The first-order valence-electron chi connectivity index (χ1n) is 7.04. The summed E-state index contributed by atoms with van der Waals surface area (Å²) >= 11 is 0. The summed E-state index contributed by atoms with van der Waals surface area (Å²) in [6, 6.07) is 3.32. The Bertz CT molecular complexity index is 511. The van der Waals surface area contributed by atoms with Crippen molar-refractivity contribution < 1.29 is 14.3 Å². The van der Waals surface area contributed by atoms with Gasteiger partial charge in [-0.05, 0) is 39.3 Å². The molecule has 6 nitrogen and oxygen atoms in total. The SMILES string of the molecule is CC(C)(C)OC(=O)N[C@H]1CCN(C(=O)c2ccncc2)C1. The van der Waals surface area contributed by atoms with Gasteiger partial charge < -0.3 is 15.0 Å². The van der Waals surface area contributed by atoms with Crippen molar-refractivity contribution in [1.29, 1.82) is 0 Å². The van der Waals surface area contributed by atoms with Crippen LogP contribution in [0.4, 0.5) is 4.79 Å². The zero-order valence-electron chi connectivity index (χ0n) is 12.6. The fourth-order valence-corrected chi connectivity index (χ4v) is 2.21. The molecule has 0 spiro atoms. The van der Waals surface area contributed by atoms with E-state index >= 15 is 0 Å². The second-order valence-electron chi connectivity index (χ2n) is 6.12. The fourth-order valence-electron chi connectivity index (χ4n) is 2.21. The molecule has 1 N–H and O–H groups in total. The lowest BCUT2D eigenvalue weighted by molar-refractivity contribution is 0.0502. The minimum atomic E-state index is -0.519. The van der Waals surface area contributed by atoms with Gasteiger partial charge in [0.15, 0.2) is 0 Å². The second kappa shape index (κ2) is 6.11. The molecule has 0 bridgehead atoms. The minimum absolute atomic E-state index is 0.0362. The van der Waals surface area contributed by atoms with Crippen LogP contribution in [0.5, 0.6) is 0 Å². The molecule has 2 heterocycles. The Morgan fingerprint density at radius 1 is 1.33 bits per heavy atom. The summed E-state index contributed by atoms with van der Waals surface area (Å²) in [5.74, 6) is -0.0362. The van der Waals surface area contributed by atoms with Gasteiger partial charge in [0.25, 0.3) is 5.91 Å². The van der Waals surface area contributed by atoms with Crippen LogP contribution in [0, 0.1) is 0 Å². The van der Waals surface area contributed by atoms with E-state index in [-0.39, 0.29) is 11.9 Å². The molecule has 1 saturated heterocycles. The summed E-state index contributed by atoms with van der Waals surface area (Å²) in [5.41, 5.74) is 0.0952. The van der Waals surface area contributed by atoms with Crippen LogP contribution in [0.3, 0.4) is 0 Å². The normalized spacial score (nSPS) is 18.4. The van der Waals surface area contributed by atoms with Crippen LogP contribution < -0.4 is 5.32 Å². The van der Waals surface area contributed by atoms with E-state index in [4.69, 9.17) is 4.74 Å². The number of amides is 2. The van der Waals surface area contributed by atoms with Crippen molar-refractivity contribution in [3.8, 4) is 0 Å². The molecule has 0 unspecified atom stereocenters. The van der Waals surface area contributed by atoms with E-state index in [1.54, 1.807) is 29.4 Å². The summed E-state index contributed by atoms with van der Waals surface area (Å²) in [6.07, 6.45) is 3.49. The Balaban J connectivity index is 1.86. The number of ether oxygens (including phenoxy) is 1. The Morgan fingerprint density at radius 2 is 2.00 bits per heavy atom. The maximum atomic E-state index is 12.3. The molecule has 0 aliphatic carbocycles. The highest BCUT2D eigenvalue weighted by Crippen LogP contribution is 2.14. The van der Waals surface area contributed by atoms with Crippen LogP contribution in [0.2, 0.25) is 0 Å². The number of alkyl carbamates (subject to hydrolysis) is 1. The molecule has 114 valence electrons. The molecule has 2 rings (SSSR count). The number of nitrogens with zero attached hydrogens (tertiary/aromatic N) is 2. The number of rotatable bonds is 2. The molecular formula is C15H21N3O3. The van der Waals surface area contributed by atoms with Crippen LogP contribution in [0.25, 0.3) is 0 Å². The number of hydrogen-bond acceptors (Lipinski definition) is 4. The Hall–Kier alpha value is -2.11. The van der Waals surface area contributed by atoms with Crippen molar-refractivity contribution in [3.05, 3.63) is 30.1 Å². The molecule has 1 aromatic heterocycles. The van der Waals surface area contributed by atoms with Gasteiger partial charge in [0, 0.05) is 31.0 Å². The molecule has 21 heavy (non-hydrogen) atoms. The Morgan fingerprint density at radius 3 is 2.62 bits per heavy atom. The summed E-state index contributed by atoms with van der Waals surface area (Å²) in [6.45, 7) is 6.59. The van der Waals surface area contributed by atoms with Crippen molar-refractivity contribution in [3.63, 3.8) is 0 Å². The maximum absolute atomic E-state index is 12.3. The standard InChI is InChI=1S/C15H21N3O3/c1-15(2,3)21-14(20)17-12-6-9-18(10-12)13(19)11-4-7-16-8-5-11/h4-5,7-8,12H,6,9-10H2,1-3H3,(H,17,20)/t12-/m0/s1. The van der Waals surface area contributed by atoms with Crippen LogP contribution >= 0.6 is 0 Å². The van der Waals surface area contributed by atoms with E-state index in [2.05, 4.69) is 10.3 Å². The molecule has 1 aliphatic heterocycles. The number of likely N-dealkylation sites (tertiary alicyclic amines) is 1.